The Morgan fingerprint density at radius 1 is 1.37 bits per heavy atom. The van der Waals surface area contributed by atoms with Crippen LogP contribution in [0.25, 0.3) is 0 Å². The maximum atomic E-state index is 13.2. The number of nitrogens with one attached hydrogen (secondary N) is 1. The first-order valence-corrected chi connectivity index (χ1v) is 6.70. The number of nitrogens with zero attached hydrogens (tertiary/aromatic N) is 1. The summed E-state index contributed by atoms with van der Waals surface area (Å²) in [5.41, 5.74) is 6.88. The van der Waals surface area contributed by atoms with Crippen molar-refractivity contribution in [2.75, 3.05) is 0 Å². The molecule has 0 radical (unpaired) electrons. The van der Waals surface area contributed by atoms with Gasteiger partial charge in [0.1, 0.15) is 5.82 Å². The molecule has 0 aliphatic heterocycles. The molecule has 1 aromatic carbocycles. The van der Waals surface area contributed by atoms with Crippen LogP contribution in [0.2, 0.25) is 0 Å². The van der Waals surface area contributed by atoms with Crippen molar-refractivity contribution in [1.82, 2.24) is 5.32 Å². The van der Waals surface area contributed by atoms with Crippen LogP contribution < -0.4 is 11.1 Å². The van der Waals surface area contributed by atoms with Crippen molar-refractivity contribution in [1.29, 1.82) is 0 Å². The fourth-order valence-electron chi connectivity index (χ4n) is 2.56. The van der Waals surface area contributed by atoms with E-state index in [-0.39, 0.29) is 11.7 Å². The molecule has 1 fully saturated rings. The van der Waals surface area contributed by atoms with Crippen LogP contribution in [-0.4, -0.2) is 17.1 Å². The predicted molar refractivity (Wildman–Crippen MR) is 72.6 cm³/mol. The van der Waals surface area contributed by atoms with Crippen LogP contribution in [-0.2, 0) is 6.54 Å². The van der Waals surface area contributed by atoms with E-state index in [0.717, 1.165) is 5.56 Å². The van der Waals surface area contributed by atoms with E-state index in [1.54, 1.807) is 6.07 Å². The highest BCUT2D eigenvalue weighted by Crippen LogP contribution is 2.18. The van der Waals surface area contributed by atoms with Gasteiger partial charge in [0.05, 0.1) is 0 Å². The Morgan fingerprint density at radius 3 is 2.79 bits per heavy atom. The van der Waals surface area contributed by atoms with E-state index in [2.05, 4.69) is 10.5 Å². The molecule has 1 aromatic rings. The summed E-state index contributed by atoms with van der Waals surface area (Å²) in [4.78, 5) is 0. The van der Waals surface area contributed by atoms with Gasteiger partial charge >= 0.3 is 0 Å². The molecule has 0 bridgehead atoms. The lowest BCUT2D eigenvalue weighted by Crippen LogP contribution is -2.31. The fraction of sp³-hybridized carbons (Fsp3) is 0.500. The second-order valence-corrected chi connectivity index (χ2v) is 5.00. The molecule has 1 saturated carbocycles. The molecule has 0 amide bonds. The normalized spacial score (nSPS) is 17.6. The maximum Gasteiger partial charge on any atom is 0.170 e. The highest BCUT2D eigenvalue weighted by molar-refractivity contribution is 5.98. The standard InChI is InChI=1S/C14H20FN3O/c15-11-7-6-10(13(8-11)14(16)18-19)9-17-12-4-2-1-3-5-12/h6-8,12,17,19H,1-5,9H2,(H2,16,18). The molecule has 2 rings (SSSR count). The minimum atomic E-state index is -0.386. The van der Waals surface area contributed by atoms with Gasteiger partial charge in [-0.15, -0.1) is 0 Å². The number of oxime groups is 1. The van der Waals surface area contributed by atoms with Crippen molar-refractivity contribution in [2.45, 2.75) is 44.7 Å². The summed E-state index contributed by atoms with van der Waals surface area (Å²) < 4.78 is 13.2. The Balaban J connectivity index is 2.06. The van der Waals surface area contributed by atoms with Crippen LogP contribution >= 0.6 is 0 Å². The van der Waals surface area contributed by atoms with Gasteiger partial charge in [-0.2, -0.15) is 0 Å². The summed E-state index contributed by atoms with van der Waals surface area (Å²) in [6.07, 6.45) is 6.19. The summed E-state index contributed by atoms with van der Waals surface area (Å²) in [5, 5.41) is 15.2. The highest BCUT2D eigenvalue weighted by Gasteiger charge is 2.14. The largest absolute Gasteiger partial charge is 0.409 e. The predicted octanol–water partition coefficient (Wildman–Crippen LogP) is 2.34. The van der Waals surface area contributed by atoms with Crippen LogP contribution in [0.15, 0.2) is 23.4 Å². The lowest BCUT2D eigenvalue weighted by Gasteiger charge is -2.23. The second-order valence-electron chi connectivity index (χ2n) is 5.00. The zero-order valence-corrected chi connectivity index (χ0v) is 10.9. The molecule has 1 aliphatic rings. The number of amidine groups is 1. The molecule has 1 aliphatic carbocycles. The maximum absolute atomic E-state index is 13.2. The first kappa shape index (κ1) is 13.8. The van der Waals surface area contributed by atoms with Crippen molar-refractivity contribution in [3.63, 3.8) is 0 Å². The Labute approximate surface area is 112 Å². The highest BCUT2D eigenvalue weighted by atomic mass is 19.1. The average molecular weight is 265 g/mol. The zero-order valence-electron chi connectivity index (χ0n) is 10.9. The molecule has 0 unspecified atom stereocenters. The van der Waals surface area contributed by atoms with Crippen LogP contribution in [0.5, 0.6) is 0 Å². The lowest BCUT2D eigenvalue weighted by atomic mass is 9.95. The fourth-order valence-corrected chi connectivity index (χ4v) is 2.56. The number of hydrogen-bond acceptors (Lipinski definition) is 3. The van der Waals surface area contributed by atoms with E-state index in [1.165, 1.54) is 44.2 Å². The minimum Gasteiger partial charge on any atom is -0.409 e. The van der Waals surface area contributed by atoms with E-state index in [0.29, 0.717) is 18.2 Å². The monoisotopic (exact) mass is 265 g/mol. The third-order valence-electron chi connectivity index (χ3n) is 3.64. The molecule has 19 heavy (non-hydrogen) atoms. The molecule has 0 heterocycles. The van der Waals surface area contributed by atoms with Crippen molar-refractivity contribution in [3.05, 3.63) is 35.1 Å². The van der Waals surface area contributed by atoms with E-state index >= 15 is 0 Å². The first-order chi connectivity index (χ1) is 9.20. The summed E-state index contributed by atoms with van der Waals surface area (Å²) in [6, 6.07) is 4.89. The number of benzene rings is 1. The summed E-state index contributed by atoms with van der Waals surface area (Å²) in [6.45, 7) is 0.608. The van der Waals surface area contributed by atoms with Crippen LogP contribution in [0.1, 0.15) is 43.2 Å². The summed E-state index contributed by atoms with van der Waals surface area (Å²) in [7, 11) is 0. The Kier molecular flexibility index (Phi) is 4.74. The van der Waals surface area contributed by atoms with Gasteiger partial charge in [0.15, 0.2) is 5.84 Å². The minimum absolute atomic E-state index is 0.0556. The molecular weight excluding hydrogens is 245 g/mol. The molecule has 5 heteroatoms. The second kappa shape index (κ2) is 6.52. The van der Waals surface area contributed by atoms with Crippen molar-refractivity contribution >= 4 is 5.84 Å². The van der Waals surface area contributed by atoms with Gasteiger partial charge in [0.2, 0.25) is 0 Å². The number of rotatable bonds is 4. The Morgan fingerprint density at radius 2 is 2.11 bits per heavy atom. The van der Waals surface area contributed by atoms with E-state index in [4.69, 9.17) is 10.9 Å². The van der Waals surface area contributed by atoms with Gasteiger partial charge in [-0.3, -0.25) is 0 Å². The number of nitrogens with two attached hydrogens (primary N) is 1. The van der Waals surface area contributed by atoms with Gasteiger partial charge < -0.3 is 16.3 Å². The molecular formula is C14H20FN3O. The Bertz CT molecular complexity index is 456. The number of hydrogen-bond donors (Lipinski definition) is 3. The van der Waals surface area contributed by atoms with Crippen molar-refractivity contribution < 1.29 is 9.60 Å². The van der Waals surface area contributed by atoms with Gasteiger partial charge in [-0.1, -0.05) is 30.5 Å². The smallest absolute Gasteiger partial charge is 0.170 e. The Hall–Kier alpha value is -1.62. The average Bonchev–Trinajstić information content (AvgIpc) is 2.46. The SMILES string of the molecule is NC(=NO)c1cc(F)ccc1CNC1CCCCC1. The number of halogens is 1. The third-order valence-corrected chi connectivity index (χ3v) is 3.64. The molecule has 0 spiro atoms. The van der Waals surface area contributed by atoms with Gasteiger partial charge in [-0.25, -0.2) is 4.39 Å². The van der Waals surface area contributed by atoms with Crippen molar-refractivity contribution in [2.24, 2.45) is 10.9 Å². The molecule has 0 saturated heterocycles. The molecule has 4 nitrogen and oxygen atoms in total. The van der Waals surface area contributed by atoms with Crippen LogP contribution in [0.4, 0.5) is 4.39 Å². The molecule has 4 N–H and O–H groups in total. The van der Waals surface area contributed by atoms with Crippen LogP contribution in [0.3, 0.4) is 0 Å². The summed E-state index contributed by atoms with van der Waals surface area (Å²) >= 11 is 0. The molecule has 104 valence electrons. The van der Waals surface area contributed by atoms with Gasteiger partial charge in [0, 0.05) is 18.2 Å². The zero-order chi connectivity index (χ0) is 13.7. The van der Waals surface area contributed by atoms with Crippen LogP contribution in [0, 0.1) is 5.82 Å². The van der Waals surface area contributed by atoms with Crippen molar-refractivity contribution in [3.8, 4) is 0 Å². The van der Waals surface area contributed by atoms with E-state index < -0.39 is 0 Å². The summed E-state index contributed by atoms with van der Waals surface area (Å²) in [5.74, 6) is -0.442. The van der Waals surface area contributed by atoms with E-state index in [1.807, 2.05) is 0 Å². The van der Waals surface area contributed by atoms with E-state index in [9.17, 15) is 4.39 Å². The topological polar surface area (TPSA) is 70.6 Å². The first-order valence-electron chi connectivity index (χ1n) is 6.70. The molecule has 0 atom stereocenters. The van der Waals surface area contributed by atoms with Gasteiger partial charge in [-0.05, 0) is 30.5 Å². The lowest BCUT2D eigenvalue weighted by molar-refractivity contribution is 0.318. The third kappa shape index (κ3) is 3.67. The quantitative estimate of drug-likeness (QED) is 0.339. The molecule has 0 aromatic heterocycles. The van der Waals surface area contributed by atoms with Gasteiger partial charge in [0.25, 0.3) is 0 Å².